The molecule has 0 aliphatic carbocycles. The van der Waals surface area contributed by atoms with Gasteiger partial charge in [0.15, 0.2) is 0 Å². The van der Waals surface area contributed by atoms with Crippen LogP contribution in [0, 0.1) is 5.82 Å². The van der Waals surface area contributed by atoms with Crippen LogP contribution >= 0.6 is 0 Å². The fourth-order valence-electron chi connectivity index (χ4n) is 3.06. The molecule has 0 bridgehead atoms. The van der Waals surface area contributed by atoms with Gasteiger partial charge in [-0.2, -0.15) is 4.31 Å². The predicted molar refractivity (Wildman–Crippen MR) is 106 cm³/mol. The Morgan fingerprint density at radius 2 is 1.68 bits per heavy atom. The summed E-state index contributed by atoms with van der Waals surface area (Å²) >= 11 is 0. The lowest BCUT2D eigenvalue weighted by atomic mass is 10.1. The van der Waals surface area contributed by atoms with Gasteiger partial charge in [-0.05, 0) is 49.4 Å². The number of amides is 1. The summed E-state index contributed by atoms with van der Waals surface area (Å²) in [7, 11) is -1.56. The number of likely N-dealkylation sites (N-methyl/N-ethyl adjacent to an activating group) is 1. The molecule has 3 rings (SSSR count). The minimum absolute atomic E-state index is 0.141. The minimum Gasteiger partial charge on any atom is -0.326 e. The van der Waals surface area contributed by atoms with E-state index in [1.165, 1.54) is 22.5 Å². The lowest BCUT2D eigenvalue weighted by Crippen LogP contribution is -2.46. The summed E-state index contributed by atoms with van der Waals surface area (Å²) in [5.74, 6) is -0.577. The molecule has 0 aromatic heterocycles. The zero-order valence-corrected chi connectivity index (χ0v) is 16.6. The molecule has 1 fully saturated rings. The number of halogens is 1. The first-order valence-corrected chi connectivity index (χ1v) is 10.6. The van der Waals surface area contributed by atoms with E-state index in [9.17, 15) is 17.6 Å². The molecule has 0 saturated carbocycles. The van der Waals surface area contributed by atoms with Crippen LogP contribution in [0.3, 0.4) is 0 Å². The second-order valence-electron chi connectivity index (χ2n) is 6.87. The van der Waals surface area contributed by atoms with Gasteiger partial charge in [0.05, 0.1) is 4.90 Å². The van der Waals surface area contributed by atoms with Gasteiger partial charge in [0.2, 0.25) is 15.9 Å². The summed E-state index contributed by atoms with van der Waals surface area (Å²) in [5, 5.41) is 2.72. The molecule has 1 heterocycles. The number of anilines is 1. The number of hydrogen-bond donors (Lipinski definition) is 1. The number of carbonyl (C=O) groups is 1. The highest BCUT2D eigenvalue weighted by atomic mass is 32.2. The van der Waals surface area contributed by atoms with Crippen molar-refractivity contribution in [2.45, 2.75) is 17.7 Å². The molecule has 1 amide bonds. The van der Waals surface area contributed by atoms with Crippen LogP contribution in [-0.4, -0.2) is 56.8 Å². The van der Waals surface area contributed by atoms with Crippen molar-refractivity contribution < 1.29 is 17.6 Å². The van der Waals surface area contributed by atoms with Crippen molar-refractivity contribution in [1.29, 1.82) is 0 Å². The van der Waals surface area contributed by atoms with Crippen LogP contribution in [0.15, 0.2) is 53.4 Å². The van der Waals surface area contributed by atoms with Crippen molar-refractivity contribution >= 4 is 21.6 Å². The van der Waals surface area contributed by atoms with Gasteiger partial charge in [-0.25, -0.2) is 12.8 Å². The largest absolute Gasteiger partial charge is 0.326 e. The van der Waals surface area contributed by atoms with Crippen molar-refractivity contribution in [3.8, 4) is 0 Å². The molecule has 1 aliphatic rings. The van der Waals surface area contributed by atoms with E-state index in [0.717, 1.165) is 0 Å². The predicted octanol–water partition coefficient (Wildman–Crippen LogP) is 2.33. The second-order valence-corrected chi connectivity index (χ2v) is 8.81. The number of carbonyl (C=O) groups excluding carboxylic acids is 1. The molecular weight excluding hydrogens is 381 g/mol. The number of benzene rings is 2. The van der Waals surface area contributed by atoms with Gasteiger partial charge in [0, 0.05) is 38.3 Å². The van der Waals surface area contributed by atoms with Crippen molar-refractivity contribution in [1.82, 2.24) is 9.21 Å². The number of hydrogen-bond acceptors (Lipinski definition) is 4. The Bertz CT molecular complexity index is 924. The Labute approximate surface area is 165 Å². The smallest absolute Gasteiger partial charge is 0.243 e. The van der Waals surface area contributed by atoms with Crippen molar-refractivity contribution in [3.05, 3.63) is 59.9 Å². The molecule has 0 atom stereocenters. The summed E-state index contributed by atoms with van der Waals surface area (Å²) < 4.78 is 40.5. The summed E-state index contributed by atoms with van der Waals surface area (Å²) in [6.07, 6.45) is 0.441. The first-order valence-electron chi connectivity index (χ1n) is 9.18. The average Bonchev–Trinajstić information content (AvgIpc) is 2.68. The van der Waals surface area contributed by atoms with E-state index in [1.807, 2.05) is 7.05 Å². The average molecular weight is 405 g/mol. The minimum atomic E-state index is -3.53. The number of aryl methyl sites for hydroxylation is 1. The summed E-state index contributed by atoms with van der Waals surface area (Å²) in [6.45, 7) is 2.34. The molecule has 0 spiro atoms. The Balaban J connectivity index is 1.58. The summed E-state index contributed by atoms with van der Waals surface area (Å²) in [4.78, 5) is 14.4. The van der Waals surface area contributed by atoms with E-state index < -0.39 is 10.0 Å². The molecule has 2 aromatic carbocycles. The maximum atomic E-state index is 13.6. The maximum Gasteiger partial charge on any atom is 0.243 e. The summed E-state index contributed by atoms with van der Waals surface area (Å²) in [6, 6.07) is 12.5. The van der Waals surface area contributed by atoms with E-state index in [2.05, 4.69) is 10.2 Å². The highest BCUT2D eigenvalue weighted by molar-refractivity contribution is 7.89. The standard InChI is InChI=1S/C20H24FN3O3S/c1-23-12-14-24(15-13-23)28(26,27)18-9-7-17(8-10-18)22-20(25)11-6-16-4-2-3-5-19(16)21/h2-5,7-10H,6,11-15H2,1H3,(H,22,25). The monoisotopic (exact) mass is 405 g/mol. The van der Waals surface area contributed by atoms with Gasteiger partial charge in [-0.15, -0.1) is 0 Å². The van der Waals surface area contributed by atoms with E-state index >= 15 is 0 Å². The van der Waals surface area contributed by atoms with Gasteiger partial charge in [0.1, 0.15) is 5.82 Å². The second kappa shape index (κ2) is 8.81. The number of piperazine rings is 1. The van der Waals surface area contributed by atoms with Crippen LogP contribution in [0.25, 0.3) is 0 Å². The van der Waals surface area contributed by atoms with Crippen molar-refractivity contribution in [2.75, 3.05) is 38.5 Å². The van der Waals surface area contributed by atoms with E-state index in [1.54, 1.807) is 30.3 Å². The summed E-state index contributed by atoms with van der Waals surface area (Å²) in [5.41, 5.74) is 1.00. The highest BCUT2D eigenvalue weighted by Gasteiger charge is 2.27. The molecule has 0 unspecified atom stereocenters. The zero-order valence-electron chi connectivity index (χ0n) is 15.8. The Hall–Kier alpha value is -2.29. The third-order valence-corrected chi connectivity index (χ3v) is 6.73. The first-order chi connectivity index (χ1) is 13.4. The Morgan fingerprint density at radius 1 is 1.04 bits per heavy atom. The Kier molecular flexibility index (Phi) is 6.43. The van der Waals surface area contributed by atoms with E-state index in [4.69, 9.17) is 0 Å². The fraction of sp³-hybridized carbons (Fsp3) is 0.350. The van der Waals surface area contributed by atoms with Crippen molar-refractivity contribution in [3.63, 3.8) is 0 Å². The van der Waals surface area contributed by atoms with Gasteiger partial charge < -0.3 is 10.2 Å². The van der Waals surface area contributed by atoms with Crippen molar-refractivity contribution in [2.24, 2.45) is 0 Å². The molecule has 150 valence electrons. The number of nitrogens with zero attached hydrogens (tertiary/aromatic N) is 2. The zero-order chi connectivity index (χ0) is 20.1. The normalized spacial score (nSPS) is 16.1. The molecule has 0 radical (unpaired) electrons. The van der Waals surface area contributed by atoms with Gasteiger partial charge in [-0.1, -0.05) is 18.2 Å². The van der Waals surface area contributed by atoms with Crippen LogP contribution in [0.1, 0.15) is 12.0 Å². The van der Waals surface area contributed by atoms with Gasteiger partial charge in [0.25, 0.3) is 0 Å². The van der Waals surface area contributed by atoms with Crippen LogP contribution < -0.4 is 5.32 Å². The highest BCUT2D eigenvalue weighted by Crippen LogP contribution is 2.20. The van der Waals surface area contributed by atoms with Crippen LogP contribution in [0.2, 0.25) is 0 Å². The molecule has 1 saturated heterocycles. The molecule has 28 heavy (non-hydrogen) atoms. The van der Waals surface area contributed by atoms with Crippen LogP contribution in [0.4, 0.5) is 10.1 Å². The lowest BCUT2D eigenvalue weighted by molar-refractivity contribution is -0.116. The topological polar surface area (TPSA) is 69.7 Å². The fourth-order valence-corrected chi connectivity index (χ4v) is 4.48. The van der Waals surface area contributed by atoms with E-state index in [0.29, 0.717) is 43.9 Å². The van der Waals surface area contributed by atoms with Gasteiger partial charge >= 0.3 is 0 Å². The van der Waals surface area contributed by atoms with Gasteiger partial charge in [-0.3, -0.25) is 4.79 Å². The third-order valence-electron chi connectivity index (χ3n) is 4.82. The first kappa shape index (κ1) is 20.4. The third kappa shape index (κ3) is 4.95. The molecule has 1 N–H and O–H groups in total. The molecule has 2 aromatic rings. The lowest BCUT2D eigenvalue weighted by Gasteiger charge is -2.31. The molecule has 1 aliphatic heterocycles. The van der Waals surface area contributed by atoms with Crippen LogP contribution in [0.5, 0.6) is 0 Å². The Morgan fingerprint density at radius 3 is 2.32 bits per heavy atom. The molecule has 8 heteroatoms. The quantitative estimate of drug-likeness (QED) is 0.801. The maximum absolute atomic E-state index is 13.6. The van der Waals surface area contributed by atoms with E-state index in [-0.39, 0.29) is 23.0 Å². The number of rotatable bonds is 6. The number of nitrogens with one attached hydrogen (secondary N) is 1. The molecular formula is C20H24FN3O3S. The molecule has 6 nitrogen and oxygen atoms in total. The SMILES string of the molecule is CN1CCN(S(=O)(=O)c2ccc(NC(=O)CCc3ccccc3F)cc2)CC1. The number of sulfonamides is 1. The van der Waals surface area contributed by atoms with Crippen LogP contribution in [-0.2, 0) is 21.2 Å².